The highest BCUT2D eigenvalue weighted by atomic mass is 35.5. The van der Waals surface area contributed by atoms with Gasteiger partial charge in [0.05, 0.1) is 36.1 Å². The van der Waals surface area contributed by atoms with Gasteiger partial charge in [-0.05, 0) is 23.8 Å². The van der Waals surface area contributed by atoms with Gasteiger partial charge < -0.3 is 15.5 Å². The van der Waals surface area contributed by atoms with Gasteiger partial charge in [0, 0.05) is 17.8 Å². The van der Waals surface area contributed by atoms with E-state index in [4.69, 9.17) is 11.6 Å². The SMILES string of the molecule is C=CCN1C(=O)NC(c2ccccc2Cl)C2=C1CN(CC(=O)NCc1ccccn1)C2=O. The summed E-state index contributed by atoms with van der Waals surface area (Å²) in [5, 5.41) is 6.09. The van der Waals surface area contributed by atoms with Crippen molar-refractivity contribution >= 4 is 29.4 Å². The van der Waals surface area contributed by atoms with Crippen molar-refractivity contribution < 1.29 is 14.4 Å². The van der Waals surface area contributed by atoms with Crippen molar-refractivity contribution in [2.45, 2.75) is 12.6 Å². The maximum absolute atomic E-state index is 13.3. The van der Waals surface area contributed by atoms with E-state index in [9.17, 15) is 14.4 Å². The van der Waals surface area contributed by atoms with Crippen molar-refractivity contribution in [2.24, 2.45) is 0 Å². The third-order valence-corrected chi connectivity index (χ3v) is 5.70. The number of hydrogen-bond donors (Lipinski definition) is 2. The lowest BCUT2D eigenvalue weighted by molar-refractivity contribution is -0.132. The number of rotatable bonds is 7. The summed E-state index contributed by atoms with van der Waals surface area (Å²) in [7, 11) is 0. The fourth-order valence-electron chi connectivity index (χ4n) is 3.86. The van der Waals surface area contributed by atoms with Gasteiger partial charge in [0.2, 0.25) is 5.91 Å². The Kier molecular flexibility index (Phi) is 6.23. The molecule has 164 valence electrons. The van der Waals surface area contributed by atoms with Crippen LogP contribution in [0.3, 0.4) is 0 Å². The quantitative estimate of drug-likeness (QED) is 0.632. The molecule has 0 aliphatic carbocycles. The van der Waals surface area contributed by atoms with Crippen molar-refractivity contribution in [3.05, 3.63) is 88.9 Å². The molecule has 1 aromatic heterocycles. The van der Waals surface area contributed by atoms with Crippen molar-refractivity contribution in [2.75, 3.05) is 19.6 Å². The summed E-state index contributed by atoms with van der Waals surface area (Å²) in [6, 6.07) is 11.5. The van der Waals surface area contributed by atoms with E-state index < -0.39 is 6.04 Å². The van der Waals surface area contributed by atoms with Crippen molar-refractivity contribution in [3.8, 4) is 0 Å². The van der Waals surface area contributed by atoms with E-state index in [1.54, 1.807) is 48.7 Å². The first-order valence-electron chi connectivity index (χ1n) is 10.1. The molecule has 1 unspecified atom stereocenters. The first-order valence-corrected chi connectivity index (χ1v) is 10.5. The molecule has 32 heavy (non-hydrogen) atoms. The highest BCUT2D eigenvalue weighted by Crippen LogP contribution is 2.38. The number of carbonyl (C=O) groups excluding carboxylic acids is 3. The van der Waals surface area contributed by atoms with Crippen LogP contribution in [-0.2, 0) is 16.1 Å². The lowest BCUT2D eigenvalue weighted by Gasteiger charge is -2.33. The molecule has 4 amide bonds. The van der Waals surface area contributed by atoms with E-state index >= 15 is 0 Å². The molecule has 1 aromatic carbocycles. The first-order chi connectivity index (χ1) is 15.5. The average molecular weight is 452 g/mol. The van der Waals surface area contributed by atoms with Gasteiger partial charge in [-0.25, -0.2) is 4.79 Å². The van der Waals surface area contributed by atoms with E-state index in [0.29, 0.717) is 21.9 Å². The van der Waals surface area contributed by atoms with Gasteiger partial charge in [-0.3, -0.25) is 19.5 Å². The number of hydrogen-bond acceptors (Lipinski definition) is 4. The van der Waals surface area contributed by atoms with Crippen LogP contribution in [0.2, 0.25) is 5.02 Å². The van der Waals surface area contributed by atoms with Gasteiger partial charge >= 0.3 is 6.03 Å². The molecular formula is C23H22ClN5O3. The molecule has 4 rings (SSSR count). The lowest BCUT2D eigenvalue weighted by Crippen LogP contribution is -2.47. The molecule has 0 bridgehead atoms. The molecule has 3 heterocycles. The van der Waals surface area contributed by atoms with Crippen LogP contribution in [0.15, 0.2) is 72.6 Å². The Labute approximate surface area is 190 Å². The zero-order valence-corrected chi connectivity index (χ0v) is 18.0. The number of nitrogens with zero attached hydrogens (tertiary/aromatic N) is 3. The van der Waals surface area contributed by atoms with Gasteiger partial charge in [0.25, 0.3) is 5.91 Å². The van der Waals surface area contributed by atoms with E-state index in [1.165, 1.54) is 9.80 Å². The summed E-state index contributed by atoms with van der Waals surface area (Å²) >= 11 is 6.36. The Hall–Kier alpha value is -3.65. The number of nitrogens with one attached hydrogen (secondary N) is 2. The van der Waals surface area contributed by atoms with Crippen molar-refractivity contribution in [3.63, 3.8) is 0 Å². The molecule has 1 atom stereocenters. The number of urea groups is 1. The van der Waals surface area contributed by atoms with Crippen LogP contribution < -0.4 is 10.6 Å². The molecule has 2 aliphatic heterocycles. The minimum absolute atomic E-state index is 0.135. The number of carbonyl (C=O) groups is 3. The molecule has 8 nitrogen and oxygen atoms in total. The molecule has 2 aliphatic rings. The maximum Gasteiger partial charge on any atom is 0.322 e. The number of aromatic nitrogens is 1. The predicted molar refractivity (Wildman–Crippen MR) is 119 cm³/mol. The Bertz CT molecular complexity index is 1100. The first kappa shape index (κ1) is 21.6. The zero-order valence-electron chi connectivity index (χ0n) is 17.3. The Balaban J connectivity index is 1.55. The molecule has 2 aromatic rings. The van der Waals surface area contributed by atoms with Gasteiger partial charge in [0.1, 0.15) is 6.54 Å². The van der Waals surface area contributed by atoms with Gasteiger partial charge in [-0.2, -0.15) is 0 Å². The number of pyridine rings is 1. The van der Waals surface area contributed by atoms with E-state index in [2.05, 4.69) is 22.2 Å². The number of amides is 4. The van der Waals surface area contributed by atoms with Gasteiger partial charge in [-0.1, -0.05) is 41.9 Å². The van der Waals surface area contributed by atoms with Crippen LogP contribution in [0.5, 0.6) is 0 Å². The third kappa shape index (κ3) is 4.22. The predicted octanol–water partition coefficient (Wildman–Crippen LogP) is 2.40. The lowest BCUT2D eigenvalue weighted by atomic mass is 9.95. The molecule has 0 saturated carbocycles. The number of benzene rings is 1. The zero-order chi connectivity index (χ0) is 22.7. The smallest absolute Gasteiger partial charge is 0.322 e. The van der Waals surface area contributed by atoms with Crippen LogP contribution in [-0.4, -0.2) is 52.3 Å². The summed E-state index contributed by atoms with van der Waals surface area (Å²) in [6.45, 7) is 4.22. The van der Waals surface area contributed by atoms with Gasteiger partial charge in [0.15, 0.2) is 0 Å². The summed E-state index contributed by atoms with van der Waals surface area (Å²) in [5.74, 6) is -0.625. The molecule has 9 heteroatoms. The van der Waals surface area contributed by atoms with E-state index in [1.807, 2.05) is 6.07 Å². The largest absolute Gasteiger partial charge is 0.349 e. The normalized spacial score (nSPS) is 17.8. The minimum Gasteiger partial charge on any atom is -0.349 e. The van der Waals surface area contributed by atoms with Crippen LogP contribution in [0.25, 0.3) is 0 Å². The fraction of sp³-hybridized carbons (Fsp3) is 0.217. The standard InChI is InChI=1S/C23H22ClN5O3/c1-2-11-29-18-13-28(14-19(30)26-12-15-7-5-6-10-25-15)22(31)20(18)21(27-23(29)32)16-8-3-4-9-17(16)24/h2-10,21H,1,11-14H2,(H,26,30)(H,27,32). The van der Waals surface area contributed by atoms with Crippen LogP contribution in [0.4, 0.5) is 4.79 Å². The van der Waals surface area contributed by atoms with Gasteiger partial charge in [-0.15, -0.1) is 6.58 Å². The summed E-state index contributed by atoms with van der Waals surface area (Å²) in [5.41, 5.74) is 2.32. The summed E-state index contributed by atoms with van der Waals surface area (Å²) < 4.78 is 0. The molecule has 0 saturated heterocycles. The minimum atomic E-state index is -0.693. The summed E-state index contributed by atoms with van der Waals surface area (Å²) in [4.78, 5) is 45.7. The van der Waals surface area contributed by atoms with Crippen LogP contribution >= 0.6 is 11.6 Å². The van der Waals surface area contributed by atoms with Crippen molar-refractivity contribution in [1.82, 2.24) is 25.4 Å². The molecule has 0 radical (unpaired) electrons. The maximum atomic E-state index is 13.3. The third-order valence-electron chi connectivity index (χ3n) is 5.35. The summed E-state index contributed by atoms with van der Waals surface area (Å²) in [6.07, 6.45) is 3.24. The highest BCUT2D eigenvalue weighted by Gasteiger charge is 2.44. The van der Waals surface area contributed by atoms with E-state index in [-0.39, 0.29) is 44.0 Å². The van der Waals surface area contributed by atoms with E-state index in [0.717, 1.165) is 5.69 Å². The number of halogens is 1. The second-order valence-corrected chi connectivity index (χ2v) is 7.83. The van der Waals surface area contributed by atoms with Crippen molar-refractivity contribution in [1.29, 1.82) is 0 Å². The Morgan fingerprint density at radius 2 is 2.03 bits per heavy atom. The van der Waals surface area contributed by atoms with Crippen LogP contribution in [0, 0.1) is 0 Å². The van der Waals surface area contributed by atoms with Crippen LogP contribution in [0.1, 0.15) is 17.3 Å². The Morgan fingerprint density at radius 3 is 2.75 bits per heavy atom. The highest BCUT2D eigenvalue weighted by molar-refractivity contribution is 6.31. The molecule has 2 N–H and O–H groups in total. The second kappa shape index (κ2) is 9.23. The monoisotopic (exact) mass is 451 g/mol. The molecular weight excluding hydrogens is 430 g/mol. The molecule has 0 spiro atoms. The Morgan fingerprint density at radius 1 is 1.25 bits per heavy atom. The topological polar surface area (TPSA) is 94.6 Å². The fourth-order valence-corrected chi connectivity index (χ4v) is 4.11. The average Bonchev–Trinajstić information content (AvgIpc) is 3.11. The molecule has 0 fully saturated rings. The second-order valence-electron chi connectivity index (χ2n) is 7.42.